The highest BCUT2D eigenvalue weighted by Crippen LogP contribution is 2.25. The number of nitrogens with zero attached hydrogens (tertiary/aromatic N) is 2. The molecule has 0 fully saturated rings. The van der Waals surface area contributed by atoms with Gasteiger partial charge in [-0.15, -0.1) is 0 Å². The van der Waals surface area contributed by atoms with Crippen LogP contribution in [0.4, 0.5) is 0 Å². The third-order valence-corrected chi connectivity index (χ3v) is 3.50. The topological polar surface area (TPSA) is 62.7 Å². The SMILES string of the molecule is COCCN(CCO)C(=O)c1cnc(Cl)c2ccccc12. The minimum absolute atomic E-state index is 0.103. The molecular weight excluding hydrogens is 292 g/mol. The summed E-state index contributed by atoms with van der Waals surface area (Å²) in [7, 11) is 1.57. The van der Waals surface area contributed by atoms with E-state index in [-0.39, 0.29) is 19.1 Å². The average molecular weight is 309 g/mol. The molecule has 0 unspecified atom stereocenters. The van der Waals surface area contributed by atoms with Crippen LogP contribution in [0.25, 0.3) is 10.8 Å². The Balaban J connectivity index is 2.39. The molecule has 0 aliphatic carbocycles. The Labute approximate surface area is 128 Å². The van der Waals surface area contributed by atoms with Gasteiger partial charge in [0.25, 0.3) is 5.91 Å². The maximum Gasteiger partial charge on any atom is 0.256 e. The first-order valence-electron chi connectivity index (χ1n) is 6.61. The van der Waals surface area contributed by atoms with Crippen LogP contribution in [0, 0.1) is 0 Å². The van der Waals surface area contributed by atoms with Gasteiger partial charge in [0.1, 0.15) is 5.15 Å². The molecule has 6 heteroatoms. The Morgan fingerprint density at radius 3 is 2.71 bits per heavy atom. The average Bonchev–Trinajstić information content (AvgIpc) is 2.51. The number of aliphatic hydroxyl groups excluding tert-OH is 1. The van der Waals surface area contributed by atoms with Crippen LogP contribution in [-0.4, -0.2) is 54.3 Å². The van der Waals surface area contributed by atoms with E-state index in [2.05, 4.69) is 4.98 Å². The first-order valence-corrected chi connectivity index (χ1v) is 6.99. The predicted molar refractivity (Wildman–Crippen MR) is 81.6 cm³/mol. The lowest BCUT2D eigenvalue weighted by atomic mass is 10.1. The number of carbonyl (C=O) groups excluding carboxylic acids is 1. The summed E-state index contributed by atoms with van der Waals surface area (Å²) in [5, 5.41) is 11.0. The number of fused-ring (bicyclic) bond motifs is 1. The van der Waals surface area contributed by atoms with Crippen molar-refractivity contribution in [1.82, 2.24) is 9.88 Å². The molecule has 2 rings (SSSR count). The summed E-state index contributed by atoms with van der Waals surface area (Å²) in [6.45, 7) is 0.963. The van der Waals surface area contributed by atoms with Crippen molar-refractivity contribution in [3.05, 3.63) is 41.2 Å². The summed E-state index contributed by atoms with van der Waals surface area (Å²) in [6, 6.07) is 7.36. The summed E-state index contributed by atoms with van der Waals surface area (Å²) in [4.78, 5) is 18.3. The first-order chi connectivity index (χ1) is 10.2. The van der Waals surface area contributed by atoms with E-state index in [1.165, 1.54) is 6.20 Å². The van der Waals surface area contributed by atoms with Crippen LogP contribution >= 0.6 is 11.6 Å². The molecule has 112 valence electrons. The fourth-order valence-electron chi connectivity index (χ4n) is 2.14. The van der Waals surface area contributed by atoms with Crippen molar-refractivity contribution in [3.63, 3.8) is 0 Å². The molecule has 5 nitrogen and oxygen atoms in total. The van der Waals surface area contributed by atoms with Crippen molar-refractivity contribution in [2.24, 2.45) is 0 Å². The highest BCUT2D eigenvalue weighted by Gasteiger charge is 2.18. The van der Waals surface area contributed by atoms with Crippen molar-refractivity contribution in [3.8, 4) is 0 Å². The van der Waals surface area contributed by atoms with E-state index >= 15 is 0 Å². The number of amides is 1. The summed E-state index contributed by atoms with van der Waals surface area (Å²) >= 11 is 6.06. The smallest absolute Gasteiger partial charge is 0.256 e. The Hall–Kier alpha value is -1.69. The van der Waals surface area contributed by atoms with Crippen LogP contribution in [0.15, 0.2) is 30.5 Å². The van der Waals surface area contributed by atoms with Crippen LogP contribution in [0.3, 0.4) is 0 Å². The van der Waals surface area contributed by atoms with Gasteiger partial charge >= 0.3 is 0 Å². The molecule has 0 aliphatic heterocycles. The summed E-state index contributed by atoms with van der Waals surface area (Å²) in [5.74, 6) is -0.193. The highest BCUT2D eigenvalue weighted by atomic mass is 35.5. The van der Waals surface area contributed by atoms with Gasteiger partial charge in [0, 0.05) is 31.8 Å². The Morgan fingerprint density at radius 2 is 2.05 bits per heavy atom. The molecule has 21 heavy (non-hydrogen) atoms. The van der Waals surface area contributed by atoms with E-state index in [1.54, 1.807) is 12.0 Å². The van der Waals surface area contributed by atoms with Crippen LogP contribution in [0.1, 0.15) is 10.4 Å². The van der Waals surface area contributed by atoms with Gasteiger partial charge in [-0.3, -0.25) is 4.79 Å². The molecule has 1 aromatic heterocycles. The van der Waals surface area contributed by atoms with E-state index in [0.29, 0.717) is 23.9 Å². The van der Waals surface area contributed by atoms with Gasteiger partial charge in [0.05, 0.1) is 18.8 Å². The number of aromatic nitrogens is 1. The molecular formula is C15H17ClN2O3. The second-order valence-corrected chi connectivity index (χ2v) is 4.87. The van der Waals surface area contributed by atoms with Crippen LogP contribution in [-0.2, 0) is 4.74 Å². The molecule has 0 spiro atoms. The maximum atomic E-state index is 12.6. The predicted octanol–water partition coefficient (Wildman–Crippen LogP) is 1.97. The van der Waals surface area contributed by atoms with E-state index in [1.807, 2.05) is 24.3 Å². The Bertz CT molecular complexity index is 633. The van der Waals surface area contributed by atoms with Crippen molar-refractivity contribution in [2.75, 3.05) is 33.4 Å². The number of hydrogen-bond donors (Lipinski definition) is 1. The van der Waals surface area contributed by atoms with Gasteiger partial charge < -0.3 is 14.7 Å². The quantitative estimate of drug-likeness (QED) is 0.829. The number of rotatable bonds is 6. The highest BCUT2D eigenvalue weighted by molar-refractivity contribution is 6.34. The second-order valence-electron chi connectivity index (χ2n) is 4.52. The molecule has 1 N–H and O–H groups in total. The summed E-state index contributed by atoms with van der Waals surface area (Å²) in [6.07, 6.45) is 1.48. The van der Waals surface area contributed by atoms with Gasteiger partial charge in [-0.1, -0.05) is 35.9 Å². The zero-order valence-corrected chi connectivity index (χ0v) is 12.5. The Morgan fingerprint density at radius 1 is 1.33 bits per heavy atom. The van der Waals surface area contributed by atoms with Crippen molar-refractivity contribution < 1.29 is 14.6 Å². The van der Waals surface area contributed by atoms with Crippen LogP contribution < -0.4 is 0 Å². The zero-order chi connectivity index (χ0) is 15.2. The number of halogens is 1. The molecule has 0 radical (unpaired) electrons. The van der Waals surface area contributed by atoms with Gasteiger partial charge in [-0.05, 0) is 5.39 Å². The first kappa shape index (κ1) is 15.7. The van der Waals surface area contributed by atoms with Crippen LogP contribution in [0.5, 0.6) is 0 Å². The lowest BCUT2D eigenvalue weighted by molar-refractivity contribution is 0.0658. The number of methoxy groups -OCH3 is 1. The molecule has 0 bridgehead atoms. The molecule has 2 aromatic rings. The fraction of sp³-hybridized carbons (Fsp3) is 0.333. The molecule has 0 aliphatic rings. The van der Waals surface area contributed by atoms with Gasteiger partial charge in [0.15, 0.2) is 0 Å². The largest absolute Gasteiger partial charge is 0.395 e. The molecule has 0 saturated carbocycles. The molecule has 0 saturated heterocycles. The van der Waals surface area contributed by atoms with E-state index in [0.717, 1.165) is 10.8 Å². The lowest BCUT2D eigenvalue weighted by Crippen LogP contribution is -2.36. The minimum atomic E-state index is -0.193. The van der Waals surface area contributed by atoms with Crippen molar-refractivity contribution >= 4 is 28.3 Å². The third kappa shape index (κ3) is 3.50. The molecule has 0 atom stereocenters. The number of ether oxygens (including phenoxy) is 1. The number of aliphatic hydroxyl groups is 1. The second kappa shape index (κ2) is 7.36. The van der Waals surface area contributed by atoms with Crippen molar-refractivity contribution in [2.45, 2.75) is 0 Å². The molecule has 1 aromatic carbocycles. The van der Waals surface area contributed by atoms with E-state index in [4.69, 9.17) is 21.4 Å². The normalized spacial score (nSPS) is 10.8. The Kier molecular flexibility index (Phi) is 5.50. The van der Waals surface area contributed by atoms with Gasteiger partial charge in [-0.25, -0.2) is 4.98 Å². The molecule has 1 amide bonds. The monoisotopic (exact) mass is 308 g/mol. The number of benzene rings is 1. The standard InChI is InChI=1S/C15H17ClN2O3/c1-21-9-7-18(6-8-19)15(20)13-10-17-14(16)12-5-3-2-4-11(12)13/h2-5,10,19H,6-9H2,1H3. The summed E-state index contributed by atoms with van der Waals surface area (Å²) < 4.78 is 5.00. The maximum absolute atomic E-state index is 12.6. The van der Waals surface area contributed by atoms with Crippen molar-refractivity contribution in [1.29, 1.82) is 0 Å². The fourth-order valence-corrected chi connectivity index (χ4v) is 2.35. The van der Waals surface area contributed by atoms with Gasteiger partial charge in [-0.2, -0.15) is 0 Å². The van der Waals surface area contributed by atoms with Crippen LogP contribution in [0.2, 0.25) is 5.15 Å². The van der Waals surface area contributed by atoms with Gasteiger partial charge in [0.2, 0.25) is 0 Å². The number of hydrogen-bond acceptors (Lipinski definition) is 4. The lowest BCUT2D eigenvalue weighted by Gasteiger charge is -2.22. The molecule has 1 heterocycles. The van der Waals surface area contributed by atoms with E-state index < -0.39 is 0 Å². The number of carbonyl (C=O) groups is 1. The zero-order valence-electron chi connectivity index (χ0n) is 11.8. The minimum Gasteiger partial charge on any atom is -0.395 e. The summed E-state index contributed by atoms with van der Waals surface area (Å²) in [5.41, 5.74) is 0.472. The van der Waals surface area contributed by atoms with E-state index in [9.17, 15) is 4.79 Å². The third-order valence-electron chi connectivity index (χ3n) is 3.20. The number of pyridine rings is 1.